The number of aromatic nitrogens is 1. The summed E-state index contributed by atoms with van der Waals surface area (Å²) in [7, 11) is -4.44. The van der Waals surface area contributed by atoms with Crippen molar-refractivity contribution in [1.29, 1.82) is 0 Å². The number of halogens is 1. The van der Waals surface area contributed by atoms with Crippen molar-refractivity contribution in [2.75, 3.05) is 11.4 Å². The summed E-state index contributed by atoms with van der Waals surface area (Å²) in [6.07, 6.45) is 1.94. The molecule has 9 nitrogen and oxygen atoms in total. The molecule has 0 saturated carbocycles. The minimum atomic E-state index is -4.44. The Bertz CT molecular complexity index is 1570. The van der Waals surface area contributed by atoms with E-state index in [1.807, 2.05) is 24.3 Å². The number of pyridine rings is 1. The maximum Gasteiger partial charge on any atom is 0.416 e. The number of carbonyl (C=O) groups excluding carboxylic acids is 1. The van der Waals surface area contributed by atoms with Crippen molar-refractivity contribution in [1.82, 2.24) is 4.98 Å². The van der Waals surface area contributed by atoms with Crippen LogP contribution in [0.25, 0.3) is 0 Å². The quantitative estimate of drug-likeness (QED) is 0.222. The van der Waals surface area contributed by atoms with Gasteiger partial charge in [-0.05, 0) is 80.1 Å². The predicted octanol–water partition coefficient (Wildman–Crippen LogP) is 6.34. The van der Waals surface area contributed by atoms with Crippen LogP contribution in [0.1, 0.15) is 77.6 Å². The second-order valence-electron chi connectivity index (χ2n) is 12.5. The predicted molar refractivity (Wildman–Crippen MR) is 168 cm³/mol. The van der Waals surface area contributed by atoms with Crippen LogP contribution in [0.3, 0.4) is 0 Å². The van der Waals surface area contributed by atoms with Crippen LogP contribution in [0.15, 0.2) is 71.6 Å². The number of sulfone groups is 1. The SMILES string of the molecule is CCCCC(C)(C)c1ccc(CC(N)(c2cccc(N(CC(=O)O)C(=O)OC(C)(C)C)n2)S(=O)(=O)c2ccc(F)cc2)cc1. The Kier molecular flexibility index (Phi) is 10.6. The molecule has 1 amide bonds. The number of amides is 1. The topological polar surface area (TPSA) is 140 Å². The van der Waals surface area contributed by atoms with Gasteiger partial charge in [-0.15, -0.1) is 0 Å². The Morgan fingerprint density at radius 2 is 1.59 bits per heavy atom. The van der Waals surface area contributed by atoms with E-state index in [0.717, 1.165) is 54.0 Å². The van der Waals surface area contributed by atoms with Gasteiger partial charge in [0.15, 0.2) is 4.87 Å². The molecular weight excluding hydrogens is 585 g/mol. The van der Waals surface area contributed by atoms with Crippen LogP contribution in [0, 0.1) is 5.82 Å². The van der Waals surface area contributed by atoms with E-state index in [-0.39, 0.29) is 28.2 Å². The number of ether oxygens (including phenoxy) is 1. The van der Waals surface area contributed by atoms with Crippen molar-refractivity contribution in [3.05, 3.63) is 89.4 Å². The number of carbonyl (C=O) groups is 2. The van der Waals surface area contributed by atoms with Gasteiger partial charge in [0.25, 0.3) is 0 Å². The number of benzene rings is 2. The van der Waals surface area contributed by atoms with E-state index in [2.05, 4.69) is 25.8 Å². The zero-order valence-corrected chi connectivity index (χ0v) is 26.9. The molecule has 44 heavy (non-hydrogen) atoms. The number of hydrogen-bond acceptors (Lipinski definition) is 7. The molecule has 1 unspecified atom stereocenters. The molecule has 0 bridgehead atoms. The molecule has 0 aliphatic heterocycles. The van der Waals surface area contributed by atoms with Crippen molar-refractivity contribution in [3.63, 3.8) is 0 Å². The summed E-state index contributed by atoms with van der Waals surface area (Å²) < 4.78 is 47.6. The molecule has 1 atom stereocenters. The van der Waals surface area contributed by atoms with Gasteiger partial charge in [0, 0.05) is 6.42 Å². The zero-order chi connectivity index (χ0) is 32.9. The van der Waals surface area contributed by atoms with Crippen LogP contribution in [-0.2, 0) is 36.1 Å². The smallest absolute Gasteiger partial charge is 0.416 e. The Balaban J connectivity index is 2.15. The van der Waals surface area contributed by atoms with Gasteiger partial charge in [-0.3, -0.25) is 9.69 Å². The molecule has 3 N–H and O–H groups in total. The normalized spacial score (nSPS) is 13.6. The van der Waals surface area contributed by atoms with Gasteiger partial charge in [-0.25, -0.2) is 22.6 Å². The summed E-state index contributed by atoms with van der Waals surface area (Å²) >= 11 is 0. The molecular formula is C33H42FN3O6S. The first-order chi connectivity index (χ1) is 20.4. The molecule has 3 rings (SSSR count). The highest BCUT2D eigenvalue weighted by Crippen LogP contribution is 2.36. The van der Waals surface area contributed by atoms with Crippen molar-refractivity contribution < 1.29 is 32.2 Å². The van der Waals surface area contributed by atoms with Crippen molar-refractivity contribution in [3.8, 4) is 0 Å². The van der Waals surface area contributed by atoms with Crippen molar-refractivity contribution in [2.45, 2.75) is 88.0 Å². The van der Waals surface area contributed by atoms with Gasteiger partial charge in [0.2, 0.25) is 9.84 Å². The highest BCUT2D eigenvalue weighted by atomic mass is 32.2. The van der Waals surface area contributed by atoms with E-state index < -0.39 is 44.7 Å². The zero-order valence-electron chi connectivity index (χ0n) is 26.1. The van der Waals surface area contributed by atoms with E-state index in [4.69, 9.17) is 10.5 Å². The van der Waals surface area contributed by atoms with Gasteiger partial charge in [0.1, 0.15) is 23.8 Å². The van der Waals surface area contributed by atoms with Gasteiger partial charge < -0.3 is 15.6 Å². The molecule has 1 aromatic heterocycles. The summed E-state index contributed by atoms with van der Waals surface area (Å²) in [4.78, 5) is 27.5. The van der Waals surface area contributed by atoms with E-state index in [0.29, 0.717) is 5.56 Å². The van der Waals surface area contributed by atoms with Crippen molar-refractivity contribution >= 4 is 27.7 Å². The number of unbranched alkanes of at least 4 members (excludes halogenated alkanes) is 1. The molecule has 0 aliphatic carbocycles. The fourth-order valence-electron chi connectivity index (χ4n) is 4.79. The minimum Gasteiger partial charge on any atom is -0.480 e. The summed E-state index contributed by atoms with van der Waals surface area (Å²) in [5.74, 6) is -2.10. The summed E-state index contributed by atoms with van der Waals surface area (Å²) in [5.41, 5.74) is 7.39. The molecule has 0 aliphatic rings. The van der Waals surface area contributed by atoms with Gasteiger partial charge in [0.05, 0.1) is 10.6 Å². The molecule has 2 aromatic carbocycles. The molecule has 0 fully saturated rings. The average molecular weight is 628 g/mol. The molecule has 0 spiro atoms. The maximum atomic E-state index is 14.2. The lowest BCUT2D eigenvalue weighted by atomic mass is 9.80. The van der Waals surface area contributed by atoms with Gasteiger partial charge in [-0.2, -0.15) is 0 Å². The lowest BCUT2D eigenvalue weighted by molar-refractivity contribution is -0.135. The van der Waals surface area contributed by atoms with Crippen LogP contribution in [0.4, 0.5) is 15.0 Å². The third kappa shape index (κ3) is 8.21. The van der Waals surface area contributed by atoms with Gasteiger partial charge in [-0.1, -0.05) is 63.9 Å². The number of hydrogen-bond donors (Lipinski definition) is 2. The number of nitrogens with zero attached hydrogens (tertiary/aromatic N) is 2. The number of aliphatic carboxylic acids is 1. The largest absolute Gasteiger partial charge is 0.480 e. The first-order valence-corrected chi connectivity index (χ1v) is 16.0. The monoisotopic (exact) mass is 627 g/mol. The third-order valence-electron chi connectivity index (χ3n) is 7.31. The lowest BCUT2D eigenvalue weighted by Crippen LogP contribution is -2.48. The van der Waals surface area contributed by atoms with Crippen LogP contribution in [-0.4, -0.2) is 42.7 Å². The summed E-state index contributed by atoms with van der Waals surface area (Å²) in [6, 6.07) is 16.1. The first kappa shape index (κ1) is 34.7. The standard InChI is InChI=1S/C33H42FN3O6S/c1-7-8-20-32(5,6)24-14-12-23(13-15-24)21-33(35,44(41,42)26-18-16-25(34)17-19-26)27-10-9-11-28(36-27)37(22-29(38)39)30(40)43-31(2,3)4/h9-19H,7-8,20-22,35H2,1-6H3,(H,38,39). The second kappa shape index (κ2) is 13.4. The summed E-state index contributed by atoms with van der Waals surface area (Å²) in [6.45, 7) is 10.6. The number of rotatable bonds is 12. The van der Waals surface area contributed by atoms with Crippen LogP contribution in [0.2, 0.25) is 0 Å². The Hall–Kier alpha value is -3.83. The van der Waals surface area contributed by atoms with Crippen molar-refractivity contribution in [2.24, 2.45) is 5.73 Å². The molecule has 238 valence electrons. The molecule has 0 radical (unpaired) electrons. The highest BCUT2D eigenvalue weighted by Gasteiger charge is 2.45. The minimum absolute atomic E-state index is 0.0836. The van der Waals surface area contributed by atoms with E-state index in [1.54, 1.807) is 20.8 Å². The van der Waals surface area contributed by atoms with E-state index in [1.165, 1.54) is 18.2 Å². The number of carboxylic acid groups (broad SMARTS) is 1. The highest BCUT2D eigenvalue weighted by molar-refractivity contribution is 7.92. The molecule has 0 saturated heterocycles. The Morgan fingerprint density at radius 1 is 0.977 bits per heavy atom. The summed E-state index contributed by atoms with van der Waals surface area (Å²) in [5, 5.41) is 9.52. The second-order valence-corrected chi connectivity index (χ2v) is 14.8. The number of nitrogens with two attached hydrogens (primary N) is 1. The molecule has 11 heteroatoms. The molecule has 1 heterocycles. The van der Waals surface area contributed by atoms with E-state index >= 15 is 0 Å². The van der Waals surface area contributed by atoms with Crippen LogP contribution >= 0.6 is 0 Å². The maximum absolute atomic E-state index is 14.2. The molecule has 3 aromatic rings. The Labute approximate surface area is 259 Å². The third-order valence-corrected chi connectivity index (χ3v) is 9.52. The van der Waals surface area contributed by atoms with E-state index in [9.17, 15) is 27.5 Å². The lowest BCUT2D eigenvalue weighted by Gasteiger charge is -2.31. The average Bonchev–Trinajstić information content (AvgIpc) is 2.94. The van der Waals surface area contributed by atoms with Gasteiger partial charge >= 0.3 is 12.1 Å². The van der Waals surface area contributed by atoms with Crippen LogP contribution in [0.5, 0.6) is 0 Å². The number of anilines is 1. The number of carboxylic acids is 1. The Morgan fingerprint density at radius 3 is 2.14 bits per heavy atom. The van der Waals surface area contributed by atoms with Crippen LogP contribution < -0.4 is 10.6 Å². The fourth-order valence-corrected chi connectivity index (χ4v) is 6.45. The fraction of sp³-hybridized carbons (Fsp3) is 0.424. The first-order valence-electron chi connectivity index (χ1n) is 14.5.